The standard InChI is InChI=1S/C22H18Cl2O2/c1-3-13-5-9-15(10-6-13)17-19(23)22(26)18(20(24)21(17)25)16-11-7-14(4-2)8-12-16/h5-12H,3-4H2,1-2H3. The molecule has 26 heavy (non-hydrogen) atoms. The molecular weight excluding hydrogens is 367 g/mol. The molecule has 0 aliphatic heterocycles. The zero-order valence-electron chi connectivity index (χ0n) is 14.6. The molecule has 2 aromatic carbocycles. The van der Waals surface area contributed by atoms with E-state index in [9.17, 15) is 9.59 Å². The van der Waals surface area contributed by atoms with Crippen LogP contribution in [0.15, 0.2) is 58.6 Å². The summed E-state index contributed by atoms with van der Waals surface area (Å²) >= 11 is 12.6. The van der Waals surface area contributed by atoms with Crippen molar-refractivity contribution in [2.75, 3.05) is 0 Å². The molecule has 0 heterocycles. The zero-order chi connectivity index (χ0) is 18.8. The largest absolute Gasteiger partial charge is 0.288 e. The highest BCUT2D eigenvalue weighted by Crippen LogP contribution is 2.39. The predicted octanol–water partition coefficient (Wildman–Crippen LogP) is 5.56. The van der Waals surface area contributed by atoms with Crippen molar-refractivity contribution in [3.63, 3.8) is 0 Å². The van der Waals surface area contributed by atoms with E-state index < -0.39 is 11.6 Å². The van der Waals surface area contributed by atoms with Crippen molar-refractivity contribution in [2.45, 2.75) is 26.7 Å². The van der Waals surface area contributed by atoms with Crippen LogP contribution in [0.2, 0.25) is 0 Å². The first-order chi connectivity index (χ1) is 12.5. The summed E-state index contributed by atoms with van der Waals surface area (Å²) in [5.41, 5.74) is 3.81. The van der Waals surface area contributed by atoms with Gasteiger partial charge in [-0.15, -0.1) is 0 Å². The second-order valence-corrected chi connectivity index (χ2v) is 6.89. The minimum absolute atomic E-state index is 0.0850. The van der Waals surface area contributed by atoms with E-state index in [-0.39, 0.29) is 21.2 Å². The molecule has 0 amide bonds. The first kappa shape index (κ1) is 18.6. The third-order valence-corrected chi connectivity index (χ3v) is 5.31. The Balaban J connectivity index is 2.06. The van der Waals surface area contributed by atoms with Gasteiger partial charge in [-0.3, -0.25) is 9.59 Å². The summed E-state index contributed by atoms with van der Waals surface area (Å²) in [6, 6.07) is 14.9. The molecule has 2 nitrogen and oxygen atoms in total. The van der Waals surface area contributed by atoms with E-state index in [0.717, 1.165) is 24.0 Å². The molecule has 0 saturated carbocycles. The SMILES string of the molecule is CCc1ccc(C2=C(Cl)C(=O)C(c3ccc(CC)cc3)=C(Cl)C2=O)cc1. The van der Waals surface area contributed by atoms with E-state index in [1.807, 2.05) is 38.1 Å². The number of halogens is 2. The molecule has 0 radical (unpaired) electrons. The Labute approximate surface area is 163 Å². The third-order valence-electron chi connectivity index (χ3n) is 4.59. The molecule has 132 valence electrons. The van der Waals surface area contributed by atoms with Crippen molar-refractivity contribution >= 4 is 45.9 Å². The highest BCUT2D eigenvalue weighted by molar-refractivity contribution is 6.68. The molecule has 0 atom stereocenters. The van der Waals surface area contributed by atoms with Gasteiger partial charge in [-0.1, -0.05) is 85.6 Å². The number of aryl methyl sites for hydroxylation is 2. The summed E-state index contributed by atoms with van der Waals surface area (Å²) in [6.45, 7) is 4.10. The molecule has 0 N–H and O–H groups in total. The van der Waals surface area contributed by atoms with Crippen LogP contribution in [0.25, 0.3) is 11.1 Å². The summed E-state index contributed by atoms with van der Waals surface area (Å²) in [6.07, 6.45) is 1.77. The summed E-state index contributed by atoms with van der Waals surface area (Å²) in [5.74, 6) is -0.842. The minimum atomic E-state index is -0.421. The molecule has 0 fully saturated rings. The number of carbonyl (C=O) groups excluding carboxylic acids is 2. The fourth-order valence-electron chi connectivity index (χ4n) is 2.98. The molecule has 4 heteroatoms. The molecular formula is C22H18Cl2O2. The second kappa shape index (κ2) is 7.61. The Morgan fingerprint density at radius 3 is 1.19 bits per heavy atom. The van der Waals surface area contributed by atoms with Crippen LogP contribution in [-0.4, -0.2) is 11.6 Å². The maximum absolute atomic E-state index is 12.9. The molecule has 2 aromatic rings. The summed E-state index contributed by atoms with van der Waals surface area (Å²) in [7, 11) is 0. The number of benzene rings is 2. The minimum Gasteiger partial charge on any atom is -0.288 e. The van der Waals surface area contributed by atoms with Crippen molar-refractivity contribution < 1.29 is 9.59 Å². The first-order valence-electron chi connectivity index (χ1n) is 8.55. The maximum atomic E-state index is 12.9. The molecule has 0 unspecified atom stereocenters. The average Bonchev–Trinajstić information content (AvgIpc) is 2.68. The van der Waals surface area contributed by atoms with E-state index in [4.69, 9.17) is 23.2 Å². The van der Waals surface area contributed by atoms with Crippen LogP contribution < -0.4 is 0 Å². The number of carbonyl (C=O) groups is 2. The maximum Gasteiger partial charge on any atom is 0.207 e. The van der Waals surface area contributed by atoms with Gasteiger partial charge in [0.2, 0.25) is 11.6 Å². The van der Waals surface area contributed by atoms with E-state index in [1.165, 1.54) is 0 Å². The Bertz CT molecular complexity index is 854. The van der Waals surface area contributed by atoms with E-state index in [2.05, 4.69) is 0 Å². The zero-order valence-corrected chi connectivity index (χ0v) is 16.1. The Morgan fingerprint density at radius 2 is 0.923 bits per heavy atom. The number of hydrogen-bond donors (Lipinski definition) is 0. The van der Waals surface area contributed by atoms with Crippen LogP contribution in [0.5, 0.6) is 0 Å². The monoisotopic (exact) mass is 384 g/mol. The Kier molecular flexibility index (Phi) is 5.45. The number of rotatable bonds is 4. The van der Waals surface area contributed by atoms with Crippen LogP contribution >= 0.6 is 23.2 Å². The van der Waals surface area contributed by atoms with Crippen LogP contribution in [0.3, 0.4) is 0 Å². The lowest BCUT2D eigenvalue weighted by Crippen LogP contribution is -2.18. The molecule has 0 spiro atoms. The Morgan fingerprint density at radius 1 is 0.615 bits per heavy atom. The number of allylic oxidation sites excluding steroid dienone is 4. The van der Waals surface area contributed by atoms with Gasteiger partial charge in [0.25, 0.3) is 0 Å². The van der Waals surface area contributed by atoms with E-state index in [1.54, 1.807) is 24.3 Å². The van der Waals surface area contributed by atoms with Crippen molar-refractivity contribution in [2.24, 2.45) is 0 Å². The summed E-state index contributed by atoms with van der Waals surface area (Å²) in [5, 5.41) is -0.170. The van der Waals surface area contributed by atoms with Gasteiger partial charge in [0, 0.05) is 0 Å². The van der Waals surface area contributed by atoms with Gasteiger partial charge in [-0.2, -0.15) is 0 Å². The van der Waals surface area contributed by atoms with E-state index in [0.29, 0.717) is 11.1 Å². The van der Waals surface area contributed by atoms with Crippen molar-refractivity contribution in [3.8, 4) is 0 Å². The smallest absolute Gasteiger partial charge is 0.207 e. The van der Waals surface area contributed by atoms with Crippen LogP contribution in [0.4, 0.5) is 0 Å². The summed E-state index contributed by atoms with van der Waals surface area (Å²) < 4.78 is 0. The second-order valence-electron chi connectivity index (χ2n) is 6.14. The number of Topliss-reactive ketones (excluding diaryl/α,β-unsaturated/α-hetero) is 2. The van der Waals surface area contributed by atoms with Crippen LogP contribution in [-0.2, 0) is 22.4 Å². The van der Waals surface area contributed by atoms with Gasteiger partial charge < -0.3 is 0 Å². The predicted molar refractivity (Wildman–Crippen MR) is 107 cm³/mol. The van der Waals surface area contributed by atoms with Gasteiger partial charge in [-0.05, 0) is 35.1 Å². The molecule has 0 saturated heterocycles. The topological polar surface area (TPSA) is 34.1 Å². The Hall–Kier alpha value is -2.16. The molecule has 1 aliphatic rings. The van der Waals surface area contributed by atoms with Crippen LogP contribution in [0, 0.1) is 0 Å². The van der Waals surface area contributed by atoms with Crippen molar-refractivity contribution in [3.05, 3.63) is 80.8 Å². The summed E-state index contributed by atoms with van der Waals surface area (Å²) in [4.78, 5) is 25.7. The van der Waals surface area contributed by atoms with Crippen molar-refractivity contribution in [1.29, 1.82) is 0 Å². The third kappa shape index (κ3) is 3.27. The van der Waals surface area contributed by atoms with Crippen molar-refractivity contribution in [1.82, 2.24) is 0 Å². The van der Waals surface area contributed by atoms with Gasteiger partial charge in [0.15, 0.2) is 0 Å². The number of hydrogen-bond acceptors (Lipinski definition) is 2. The lowest BCUT2D eigenvalue weighted by molar-refractivity contribution is -0.113. The van der Waals surface area contributed by atoms with Gasteiger partial charge in [-0.25, -0.2) is 0 Å². The molecule has 3 rings (SSSR count). The fourth-order valence-corrected chi connectivity index (χ4v) is 3.55. The average molecular weight is 385 g/mol. The molecule has 0 bridgehead atoms. The van der Waals surface area contributed by atoms with Gasteiger partial charge in [0.1, 0.15) is 10.1 Å². The quantitative estimate of drug-likeness (QED) is 0.646. The molecule has 0 aromatic heterocycles. The first-order valence-corrected chi connectivity index (χ1v) is 9.31. The van der Waals surface area contributed by atoms with Gasteiger partial charge >= 0.3 is 0 Å². The van der Waals surface area contributed by atoms with Crippen LogP contribution in [0.1, 0.15) is 36.1 Å². The lowest BCUT2D eigenvalue weighted by Gasteiger charge is -2.19. The molecule has 1 aliphatic carbocycles. The number of ketones is 2. The highest BCUT2D eigenvalue weighted by Gasteiger charge is 2.34. The van der Waals surface area contributed by atoms with Gasteiger partial charge in [0.05, 0.1) is 11.1 Å². The lowest BCUT2D eigenvalue weighted by atomic mass is 9.88. The fraction of sp³-hybridized carbons (Fsp3) is 0.182. The normalized spacial score (nSPS) is 15.1. The highest BCUT2D eigenvalue weighted by atomic mass is 35.5. The van der Waals surface area contributed by atoms with E-state index >= 15 is 0 Å².